The summed E-state index contributed by atoms with van der Waals surface area (Å²) in [5, 5.41) is 8.80. The van der Waals surface area contributed by atoms with Crippen LogP contribution < -0.4 is 4.74 Å². The molecule has 0 spiro atoms. The van der Waals surface area contributed by atoms with E-state index < -0.39 is 5.82 Å². The monoisotopic (exact) mass is 341 g/mol. The highest BCUT2D eigenvalue weighted by molar-refractivity contribution is 5.76. The Morgan fingerprint density at radius 1 is 1.36 bits per heavy atom. The first-order valence-corrected chi connectivity index (χ1v) is 8.00. The highest BCUT2D eigenvalue weighted by atomic mass is 19.1. The number of methoxy groups -OCH3 is 1. The lowest BCUT2D eigenvalue weighted by molar-refractivity contribution is -0.131. The largest absolute Gasteiger partial charge is 0.494 e. The Bertz CT molecular complexity index is 744. The van der Waals surface area contributed by atoms with Gasteiger partial charge in [0.2, 0.25) is 5.91 Å². The van der Waals surface area contributed by atoms with Crippen molar-refractivity contribution in [2.24, 2.45) is 0 Å². The number of pyridine rings is 1. The Kier molecular flexibility index (Phi) is 6.90. The van der Waals surface area contributed by atoms with Crippen LogP contribution in [0.15, 0.2) is 42.7 Å². The summed E-state index contributed by atoms with van der Waals surface area (Å²) in [6.07, 6.45) is 4.31. The predicted molar refractivity (Wildman–Crippen MR) is 91.2 cm³/mol. The van der Waals surface area contributed by atoms with Crippen molar-refractivity contribution >= 4 is 5.91 Å². The molecule has 0 aliphatic rings. The molecule has 0 atom stereocenters. The van der Waals surface area contributed by atoms with Crippen molar-refractivity contribution in [3.63, 3.8) is 0 Å². The van der Waals surface area contributed by atoms with Crippen molar-refractivity contribution in [2.45, 2.75) is 25.8 Å². The zero-order valence-electron chi connectivity index (χ0n) is 14.1. The lowest BCUT2D eigenvalue weighted by Crippen LogP contribution is -2.31. The maximum absolute atomic E-state index is 13.7. The number of benzene rings is 1. The fourth-order valence-electron chi connectivity index (χ4n) is 2.46. The third-order valence-electron chi connectivity index (χ3n) is 3.79. The second-order valence-electron chi connectivity index (χ2n) is 5.55. The Morgan fingerprint density at radius 3 is 2.84 bits per heavy atom. The summed E-state index contributed by atoms with van der Waals surface area (Å²) in [4.78, 5) is 18.2. The van der Waals surface area contributed by atoms with Crippen molar-refractivity contribution in [3.05, 3.63) is 59.7 Å². The third kappa shape index (κ3) is 5.57. The lowest BCUT2D eigenvalue weighted by Gasteiger charge is -2.21. The topological polar surface area (TPSA) is 66.2 Å². The van der Waals surface area contributed by atoms with Crippen LogP contribution in [0, 0.1) is 17.1 Å². The Labute approximate surface area is 146 Å². The van der Waals surface area contributed by atoms with Gasteiger partial charge in [-0.05, 0) is 35.7 Å². The summed E-state index contributed by atoms with van der Waals surface area (Å²) in [5.41, 5.74) is 1.64. The van der Waals surface area contributed by atoms with Crippen molar-refractivity contribution in [1.29, 1.82) is 5.26 Å². The van der Waals surface area contributed by atoms with Crippen LogP contribution in [0.2, 0.25) is 0 Å². The van der Waals surface area contributed by atoms with Gasteiger partial charge in [0, 0.05) is 31.9 Å². The average Bonchev–Trinajstić information content (AvgIpc) is 2.64. The second-order valence-corrected chi connectivity index (χ2v) is 5.55. The molecule has 1 amide bonds. The van der Waals surface area contributed by atoms with Crippen molar-refractivity contribution in [1.82, 2.24) is 9.88 Å². The van der Waals surface area contributed by atoms with E-state index in [1.54, 1.807) is 29.4 Å². The molecular weight excluding hydrogens is 321 g/mol. The maximum atomic E-state index is 13.7. The average molecular weight is 341 g/mol. The molecule has 0 saturated carbocycles. The van der Waals surface area contributed by atoms with E-state index in [0.717, 1.165) is 11.1 Å². The van der Waals surface area contributed by atoms with Gasteiger partial charge in [0.1, 0.15) is 0 Å². The van der Waals surface area contributed by atoms with Crippen LogP contribution in [-0.2, 0) is 17.8 Å². The van der Waals surface area contributed by atoms with Gasteiger partial charge in [-0.25, -0.2) is 4.39 Å². The Balaban J connectivity index is 1.99. The highest BCUT2D eigenvalue weighted by Gasteiger charge is 2.14. The number of rotatable bonds is 8. The molecule has 0 aliphatic heterocycles. The number of aryl methyl sites for hydroxylation is 1. The fraction of sp³-hybridized carbons (Fsp3) is 0.316. The molecule has 2 aromatic rings. The molecule has 1 heterocycles. The molecule has 0 fully saturated rings. The number of aromatic nitrogens is 1. The number of halogens is 1. The van der Waals surface area contributed by atoms with E-state index in [9.17, 15) is 9.18 Å². The van der Waals surface area contributed by atoms with Crippen LogP contribution >= 0.6 is 0 Å². The van der Waals surface area contributed by atoms with E-state index in [1.807, 2.05) is 12.1 Å². The van der Waals surface area contributed by atoms with Crippen LogP contribution in [0.5, 0.6) is 5.75 Å². The second kappa shape index (κ2) is 9.38. The summed E-state index contributed by atoms with van der Waals surface area (Å²) in [7, 11) is 1.41. The number of amides is 1. The molecule has 0 unspecified atom stereocenters. The standard InChI is InChI=1S/C19H20FN3O2/c1-25-18-7-5-15(12-17(18)20)6-8-19(24)23(11-3-9-21)14-16-4-2-10-22-13-16/h2,4-5,7,10,12-13H,3,6,8,11,14H2,1H3. The summed E-state index contributed by atoms with van der Waals surface area (Å²) < 4.78 is 18.6. The zero-order valence-corrected chi connectivity index (χ0v) is 14.1. The number of hydrogen-bond donors (Lipinski definition) is 0. The number of hydrogen-bond acceptors (Lipinski definition) is 4. The summed E-state index contributed by atoms with van der Waals surface area (Å²) >= 11 is 0. The molecule has 0 aliphatic carbocycles. The van der Waals surface area contributed by atoms with Gasteiger partial charge in [0.15, 0.2) is 11.6 Å². The maximum Gasteiger partial charge on any atom is 0.223 e. The molecule has 0 radical (unpaired) electrons. The molecule has 1 aromatic carbocycles. The van der Waals surface area contributed by atoms with Crippen molar-refractivity contribution in [2.75, 3.05) is 13.7 Å². The first-order valence-electron chi connectivity index (χ1n) is 8.00. The van der Waals surface area contributed by atoms with E-state index in [2.05, 4.69) is 11.1 Å². The van der Waals surface area contributed by atoms with Crippen LogP contribution in [0.1, 0.15) is 24.0 Å². The van der Waals surface area contributed by atoms with Gasteiger partial charge in [0.25, 0.3) is 0 Å². The minimum Gasteiger partial charge on any atom is -0.494 e. The van der Waals surface area contributed by atoms with E-state index >= 15 is 0 Å². The lowest BCUT2D eigenvalue weighted by atomic mass is 10.1. The molecule has 2 rings (SSSR count). The zero-order chi connectivity index (χ0) is 18.1. The van der Waals surface area contributed by atoms with Gasteiger partial charge in [-0.3, -0.25) is 9.78 Å². The first-order chi connectivity index (χ1) is 12.1. The molecule has 1 aromatic heterocycles. The Morgan fingerprint density at radius 2 is 2.20 bits per heavy atom. The molecule has 6 heteroatoms. The number of carbonyl (C=O) groups is 1. The van der Waals surface area contributed by atoms with E-state index in [-0.39, 0.29) is 24.5 Å². The molecule has 5 nitrogen and oxygen atoms in total. The smallest absolute Gasteiger partial charge is 0.223 e. The van der Waals surface area contributed by atoms with E-state index in [0.29, 0.717) is 19.5 Å². The first kappa shape index (κ1) is 18.4. The van der Waals surface area contributed by atoms with Gasteiger partial charge >= 0.3 is 0 Å². The normalized spacial score (nSPS) is 10.1. The number of nitrogens with zero attached hydrogens (tertiary/aromatic N) is 3. The molecule has 130 valence electrons. The van der Waals surface area contributed by atoms with Crippen LogP contribution in [-0.4, -0.2) is 29.4 Å². The van der Waals surface area contributed by atoms with E-state index in [1.165, 1.54) is 13.2 Å². The minimum absolute atomic E-state index is 0.0738. The van der Waals surface area contributed by atoms with Crippen molar-refractivity contribution < 1.29 is 13.9 Å². The van der Waals surface area contributed by atoms with Gasteiger partial charge in [-0.15, -0.1) is 0 Å². The van der Waals surface area contributed by atoms with Crippen LogP contribution in [0.4, 0.5) is 4.39 Å². The molecule has 0 saturated heterocycles. The van der Waals surface area contributed by atoms with Gasteiger partial charge < -0.3 is 9.64 Å². The number of ether oxygens (including phenoxy) is 1. The molecule has 0 bridgehead atoms. The van der Waals surface area contributed by atoms with Crippen LogP contribution in [0.25, 0.3) is 0 Å². The summed E-state index contributed by atoms with van der Waals surface area (Å²) in [6, 6.07) is 10.4. The SMILES string of the molecule is COc1ccc(CCC(=O)N(CCC#N)Cc2cccnc2)cc1F. The van der Waals surface area contributed by atoms with Gasteiger partial charge in [-0.2, -0.15) is 5.26 Å². The van der Waals surface area contributed by atoms with Crippen LogP contribution in [0.3, 0.4) is 0 Å². The quantitative estimate of drug-likeness (QED) is 0.740. The molecular formula is C19H20FN3O2. The van der Waals surface area contributed by atoms with E-state index in [4.69, 9.17) is 10.00 Å². The summed E-state index contributed by atoms with van der Waals surface area (Å²) in [5.74, 6) is -0.332. The third-order valence-corrected chi connectivity index (χ3v) is 3.79. The number of carbonyl (C=O) groups excluding carboxylic acids is 1. The van der Waals surface area contributed by atoms with Crippen molar-refractivity contribution in [3.8, 4) is 11.8 Å². The molecule has 0 N–H and O–H groups in total. The summed E-state index contributed by atoms with van der Waals surface area (Å²) in [6.45, 7) is 0.770. The molecule has 25 heavy (non-hydrogen) atoms. The highest BCUT2D eigenvalue weighted by Crippen LogP contribution is 2.19. The fourth-order valence-corrected chi connectivity index (χ4v) is 2.46. The predicted octanol–water partition coefficient (Wildman–Crippen LogP) is 3.10. The minimum atomic E-state index is -0.441. The number of nitriles is 1. The van der Waals surface area contributed by atoms with Gasteiger partial charge in [0.05, 0.1) is 19.6 Å². The Hall–Kier alpha value is -2.94. The van der Waals surface area contributed by atoms with Gasteiger partial charge in [-0.1, -0.05) is 12.1 Å².